The number of nitrogens with zero attached hydrogens (tertiary/aromatic N) is 1. The van der Waals surface area contributed by atoms with Crippen molar-refractivity contribution < 1.29 is 4.79 Å². The molecule has 0 bridgehead atoms. The molecular weight excluding hydrogens is 340 g/mol. The largest absolute Gasteiger partial charge is 0.353 e. The summed E-state index contributed by atoms with van der Waals surface area (Å²) in [6, 6.07) is 8.54. The molecule has 0 radical (unpaired) electrons. The quantitative estimate of drug-likeness (QED) is 0.583. The molecule has 27 heavy (non-hydrogen) atoms. The third kappa shape index (κ3) is 4.38. The van der Waals surface area contributed by atoms with Crippen LogP contribution in [0.15, 0.2) is 29.1 Å². The van der Waals surface area contributed by atoms with Gasteiger partial charge in [0.15, 0.2) is 5.65 Å². The lowest BCUT2D eigenvalue weighted by Crippen LogP contribution is -2.35. The Labute approximate surface area is 157 Å². The molecule has 1 aliphatic carbocycles. The van der Waals surface area contributed by atoms with Gasteiger partial charge in [-0.25, -0.2) is 9.78 Å². The average molecular weight is 366 g/mol. The lowest BCUT2D eigenvalue weighted by Gasteiger charge is -2.22. The van der Waals surface area contributed by atoms with Gasteiger partial charge in [0, 0.05) is 17.8 Å². The van der Waals surface area contributed by atoms with Crippen LogP contribution >= 0.6 is 0 Å². The van der Waals surface area contributed by atoms with Crippen LogP contribution in [0.4, 0.5) is 0 Å². The predicted octanol–water partition coefficient (Wildman–Crippen LogP) is 3.57. The highest BCUT2D eigenvalue weighted by Crippen LogP contribution is 2.20. The lowest BCUT2D eigenvalue weighted by molar-refractivity contribution is -0.122. The first-order valence-corrected chi connectivity index (χ1v) is 9.98. The summed E-state index contributed by atoms with van der Waals surface area (Å²) in [6.07, 6.45) is 9.49. The molecule has 0 aliphatic heterocycles. The molecule has 6 nitrogen and oxygen atoms in total. The third-order valence-electron chi connectivity index (χ3n) is 5.45. The molecule has 2 aromatic heterocycles. The maximum atomic E-state index is 12.1. The summed E-state index contributed by atoms with van der Waals surface area (Å²) in [7, 11) is 0. The number of benzene rings is 1. The normalized spacial score (nSPS) is 15.4. The average Bonchev–Trinajstić information content (AvgIpc) is 3.03. The number of amides is 1. The molecule has 1 saturated carbocycles. The van der Waals surface area contributed by atoms with Crippen molar-refractivity contribution in [3.05, 3.63) is 40.3 Å². The smallest absolute Gasteiger partial charge is 0.325 e. The van der Waals surface area contributed by atoms with Crippen molar-refractivity contribution >= 4 is 28.0 Å². The summed E-state index contributed by atoms with van der Waals surface area (Å²) >= 11 is 0. The molecule has 1 aliphatic rings. The molecule has 3 N–H and O–H groups in total. The summed E-state index contributed by atoms with van der Waals surface area (Å²) in [4.78, 5) is 33.4. The fourth-order valence-corrected chi connectivity index (χ4v) is 3.99. The van der Waals surface area contributed by atoms with Crippen molar-refractivity contribution in [2.45, 2.75) is 63.8 Å². The molecule has 142 valence electrons. The number of rotatable bonds is 6. The number of aromatic nitrogens is 3. The van der Waals surface area contributed by atoms with Gasteiger partial charge in [-0.3, -0.25) is 9.78 Å². The number of H-pyrrole nitrogens is 2. The van der Waals surface area contributed by atoms with E-state index in [0.717, 1.165) is 48.5 Å². The first kappa shape index (κ1) is 17.8. The maximum absolute atomic E-state index is 12.1. The fraction of sp³-hybridized carbons (Fsp3) is 0.476. The van der Waals surface area contributed by atoms with E-state index in [4.69, 9.17) is 0 Å². The molecule has 1 amide bonds. The van der Waals surface area contributed by atoms with E-state index in [2.05, 4.69) is 32.4 Å². The number of aromatic amines is 2. The number of pyridine rings is 1. The zero-order chi connectivity index (χ0) is 18.6. The Morgan fingerprint density at radius 3 is 2.81 bits per heavy atom. The summed E-state index contributed by atoms with van der Waals surface area (Å²) in [6.45, 7) is 0. The Balaban J connectivity index is 1.30. The molecule has 0 spiro atoms. The second-order valence-electron chi connectivity index (χ2n) is 7.60. The van der Waals surface area contributed by atoms with Crippen molar-refractivity contribution in [2.24, 2.45) is 0 Å². The van der Waals surface area contributed by atoms with E-state index in [9.17, 15) is 9.59 Å². The number of hydrogen-bond donors (Lipinski definition) is 3. The Kier molecular flexibility index (Phi) is 5.23. The van der Waals surface area contributed by atoms with E-state index in [1.807, 2.05) is 12.1 Å². The minimum absolute atomic E-state index is 0.198. The van der Waals surface area contributed by atoms with Crippen LogP contribution in [0, 0.1) is 0 Å². The summed E-state index contributed by atoms with van der Waals surface area (Å²) in [5.74, 6) is 0.198. The van der Waals surface area contributed by atoms with Crippen LogP contribution in [0.5, 0.6) is 0 Å². The molecule has 1 fully saturated rings. The zero-order valence-corrected chi connectivity index (χ0v) is 15.5. The predicted molar refractivity (Wildman–Crippen MR) is 107 cm³/mol. The highest BCUT2D eigenvalue weighted by Gasteiger charge is 2.15. The van der Waals surface area contributed by atoms with E-state index in [0.29, 0.717) is 18.1 Å². The standard InChI is InChI=1S/C21H26N4O2/c26-19(22-16-7-2-1-3-8-16)9-5-4-6-14-10-11-17-15(12-14)13-18-20(23-17)25-21(27)24-18/h10-13,16H,1-9H2,(H,22,26)(H2,23,24,25,27). The van der Waals surface area contributed by atoms with Gasteiger partial charge in [-0.05, 0) is 55.9 Å². The number of fused-ring (bicyclic) bond motifs is 2. The molecule has 3 aromatic rings. The van der Waals surface area contributed by atoms with Crippen molar-refractivity contribution in [1.29, 1.82) is 0 Å². The van der Waals surface area contributed by atoms with E-state index in [-0.39, 0.29) is 11.6 Å². The van der Waals surface area contributed by atoms with Gasteiger partial charge in [0.2, 0.25) is 5.91 Å². The fourth-order valence-electron chi connectivity index (χ4n) is 3.99. The first-order valence-electron chi connectivity index (χ1n) is 9.98. The van der Waals surface area contributed by atoms with Gasteiger partial charge in [-0.2, -0.15) is 0 Å². The van der Waals surface area contributed by atoms with E-state index < -0.39 is 0 Å². The number of unbranched alkanes of at least 4 members (excludes halogenated alkanes) is 1. The molecule has 0 saturated heterocycles. The number of aryl methyl sites for hydroxylation is 1. The van der Waals surface area contributed by atoms with Crippen molar-refractivity contribution in [3.63, 3.8) is 0 Å². The molecule has 0 unspecified atom stereocenters. The molecule has 0 atom stereocenters. The molecule has 6 heteroatoms. The maximum Gasteiger partial charge on any atom is 0.325 e. The second kappa shape index (κ2) is 7.94. The van der Waals surface area contributed by atoms with Crippen LogP contribution in [0.3, 0.4) is 0 Å². The van der Waals surface area contributed by atoms with Crippen LogP contribution in [-0.2, 0) is 11.2 Å². The zero-order valence-electron chi connectivity index (χ0n) is 15.5. The Hall–Kier alpha value is -2.63. The van der Waals surface area contributed by atoms with Crippen LogP contribution in [0.1, 0.15) is 56.9 Å². The number of hydrogen-bond acceptors (Lipinski definition) is 3. The second-order valence-corrected chi connectivity index (χ2v) is 7.60. The van der Waals surface area contributed by atoms with Gasteiger partial charge in [-0.1, -0.05) is 25.3 Å². The van der Waals surface area contributed by atoms with Crippen LogP contribution in [0.2, 0.25) is 0 Å². The third-order valence-corrected chi connectivity index (χ3v) is 5.45. The number of nitrogens with one attached hydrogen (secondary N) is 3. The Morgan fingerprint density at radius 1 is 1.11 bits per heavy atom. The van der Waals surface area contributed by atoms with E-state index >= 15 is 0 Å². The highest BCUT2D eigenvalue weighted by molar-refractivity contribution is 5.89. The number of carbonyl (C=O) groups is 1. The highest BCUT2D eigenvalue weighted by atomic mass is 16.1. The SMILES string of the molecule is O=C(CCCCc1ccc2nc3[nH]c(=O)[nH]c3cc2c1)NC1CCCCC1. The Bertz CT molecular complexity index is 998. The summed E-state index contributed by atoms with van der Waals surface area (Å²) in [5.41, 5.74) is 3.18. The minimum atomic E-state index is -0.237. The van der Waals surface area contributed by atoms with Gasteiger partial charge >= 0.3 is 5.69 Å². The topological polar surface area (TPSA) is 90.6 Å². The van der Waals surface area contributed by atoms with Gasteiger partial charge in [0.25, 0.3) is 0 Å². The summed E-state index contributed by atoms with van der Waals surface area (Å²) < 4.78 is 0. The van der Waals surface area contributed by atoms with Crippen molar-refractivity contribution in [1.82, 2.24) is 20.3 Å². The van der Waals surface area contributed by atoms with Crippen molar-refractivity contribution in [2.75, 3.05) is 0 Å². The van der Waals surface area contributed by atoms with Crippen LogP contribution in [-0.4, -0.2) is 26.9 Å². The lowest BCUT2D eigenvalue weighted by atomic mass is 9.95. The van der Waals surface area contributed by atoms with Crippen LogP contribution in [0.25, 0.3) is 22.1 Å². The van der Waals surface area contributed by atoms with Gasteiger partial charge in [-0.15, -0.1) is 0 Å². The minimum Gasteiger partial charge on any atom is -0.353 e. The van der Waals surface area contributed by atoms with Crippen LogP contribution < -0.4 is 11.0 Å². The van der Waals surface area contributed by atoms with Crippen molar-refractivity contribution in [3.8, 4) is 0 Å². The number of imidazole rings is 1. The number of carbonyl (C=O) groups excluding carboxylic acids is 1. The van der Waals surface area contributed by atoms with Gasteiger partial charge < -0.3 is 10.3 Å². The van der Waals surface area contributed by atoms with Gasteiger partial charge in [0.05, 0.1) is 11.0 Å². The van der Waals surface area contributed by atoms with E-state index in [1.54, 1.807) is 0 Å². The monoisotopic (exact) mass is 366 g/mol. The van der Waals surface area contributed by atoms with E-state index in [1.165, 1.54) is 24.8 Å². The molecular formula is C21H26N4O2. The first-order chi connectivity index (χ1) is 13.2. The van der Waals surface area contributed by atoms with Gasteiger partial charge in [0.1, 0.15) is 0 Å². The Morgan fingerprint density at radius 2 is 1.96 bits per heavy atom. The molecule has 2 heterocycles. The summed E-state index contributed by atoms with van der Waals surface area (Å²) in [5, 5.41) is 4.20. The molecule has 4 rings (SSSR count). The molecule has 1 aromatic carbocycles.